The largest absolute Gasteiger partial charge is 0.476 e. The van der Waals surface area contributed by atoms with Crippen molar-refractivity contribution in [3.05, 3.63) is 62.9 Å². The van der Waals surface area contributed by atoms with Crippen LogP contribution in [0.3, 0.4) is 0 Å². The van der Waals surface area contributed by atoms with Crippen molar-refractivity contribution in [2.45, 2.75) is 70.8 Å². The number of aliphatic hydroxyl groups is 1. The van der Waals surface area contributed by atoms with Gasteiger partial charge in [0.05, 0.1) is 6.10 Å². The molecule has 0 saturated carbocycles. The molecule has 0 aliphatic carbocycles. The highest BCUT2D eigenvalue weighted by molar-refractivity contribution is 5.29. The summed E-state index contributed by atoms with van der Waals surface area (Å²) in [5.41, 5.74) is 4.26. The van der Waals surface area contributed by atoms with Gasteiger partial charge >= 0.3 is 0 Å². The molecule has 0 amide bonds. The summed E-state index contributed by atoms with van der Waals surface area (Å²) in [6.07, 6.45) is 8.35. The molecule has 2 heterocycles. The number of hydrogen-bond donors (Lipinski definition) is 2. The third kappa shape index (κ3) is 6.71. The second-order valence-electron chi connectivity index (χ2n) is 8.15. The second kappa shape index (κ2) is 11.9. The van der Waals surface area contributed by atoms with Gasteiger partial charge in [0.15, 0.2) is 11.3 Å². The van der Waals surface area contributed by atoms with E-state index >= 15 is 0 Å². The van der Waals surface area contributed by atoms with Gasteiger partial charge in [0.25, 0.3) is 0 Å². The topological polar surface area (TPSA) is 71.5 Å². The Morgan fingerprint density at radius 1 is 1.10 bits per heavy atom. The molecule has 1 saturated heterocycles. The fraction of sp³-hybridized carbons (Fsp3) is 0.560. The highest BCUT2D eigenvalue weighted by Crippen LogP contribution is 2.17. The number of nitrogens with one attached hydrogen (secondary N) is 1. The molecule has 30 heavy (non-hydrogen) atoms. The predicted molar refractivity (Wildman–Crippen MR) is 119 cm³/mol. The zero-order valence-corrected chi connectivity index (χ0v) is 18.1. The summed E-state index contributed by atoms with van der Waals surface area (Å²) in [7, 11) is 0. The number of rotatable bonds is 11. The molecule has 1 unspecified atom stereocenters. The first-order valence-corrected chi connectivity index (χ1v) is 11.4. The zero-order valence-electron chi connectivity index (χ0n) is 18.1. The first-order chi connectivity index (χ1) is 14.7. The maximum Gasteiger partial charge on any atom is 0.194 e. The Morgan fingerprint density at radius 3 is 2.53 bits per heavy atom. The van der Waals surface area contributed by atoms with E-state index in [-0.39, 0.29) is 18.1 Å². The highest BCUT2D eigenvalue weighted by Gasteiger charge is 2.16. The predicted octanol–water partition coefficient (Wildman–Crippen LogP) is 3.99. The molecule has 0 radical (unpaired) electrons. The smallest absolute Gasteiger partial charge is 0.194 e. The minimum atomic E-state index is -0.0185. The number of hydrogen-bond acceptors (Lipinski definition) is 4. The van der Waals surface area contributed by atoms with E-state index < -0.39 is 0 Å². The van der Waals surface area contributed by atoms with Crippen molar-refractivity contribution in [2.75, 3.05) is 19.8 Å². The number of pyridine rings is 1. The Kier molecular flexibility index (Phi) is 8.97. The molecule has 5 heteroatoms. The van der Waals surface area contributed by atoms with Crippen molar-refractivity contribution < 1.29 is 14.6 Å². The number of ether oxygens (including phenoxy) is 2. The van der Waals surface area contributed by atoms with Crippen LogP contribution in [0.5, 0.6) is 5.88 Å². The minimum Gasteiger partial charge on any atom is -0.476 e. The molecule has 5 nitrogen and oxygen atoms in total. The van der Waals surface area contributed by atoms with Gasteiger partial charge in [-0.1, -0.05) is 37.6 Å². The average molecular weight is 414 g/mol. The van der Waals surface area contributed by atoms with Gasteiger partial charge in [-0.15, -0.1) is 0 Å². The van der Waals surface area contributed by atoms with Gasteiger partial charge < -0.3 is 19.6 Å². The molecule has 0 bridgehead atoms. The monoisotopic (exact) mass is 413 g/mol. The van der Waals surface area contributed by atoms with E-state index in [1.165, 1.54) is 11.1 Å². The summed E-state index contributed by atoms with van der Waals surface area (Å²) in [4.78, 5) is 16.1. The molecule has 1 aliphatic rings. The lowest BCUT2D eigenvalue weighted by molar-refractivity contribution is -0.0120. The molecule has 1 fully saturated rings. The summed E-state index contributed by atoms with van der Waals surface area (Å²) in [6, 6.07) is 10.3. The molecule has 2 aromatic rings. The van der Waals surface area contributed by atoms with Crippen LogP contribution in [0.4, 0.5) is 0 Å². The quantitative estimate of drug-likeness (QED) is 0.584. The molecule has 1 aromatic heterocycles. The fourth-order valence-electron chi connectivity index (χ4n) is 3.99. The molecule has 3 rings (SSSR count). The Hall–Kier alpha value is -2.11. The van der Waals surface area contributed by atoms with Crippen LogP contribution in [0.1, 0.15) is 61.4 Å². The van der Waals surface area contributed by atoms with Crippen LogP contribution < -0.4 is 10.2 Å². The van der Waals surface area contributed by atoms with E-state index in [9.17, 15) is 9.90 Å². The molecular formula is C25H35NO4. The van der Waals surface area contributed by atoms with Crippen molar-refractivity contribution in [2.24, 2.45) is 0 Å². The maximum absolute atomic E-state index is 12.7. The van der Waals surface area contributed by atoms with Crippen molar-refractivity contribution >= 4 is 0 Å². The SMILES string of the molecule is CCCc1ccc(CCc2[nH]c(OCC3CCCCO3)cc(=O)c2CCCO)cc1. The number of H-pyrrole nitrogens is 1. The summed E-state index contributed by atoms with van der Waals surface area (Å²) >= 11 is 0. The third-order valence-electron chi connectivity index (χ3n) is 5.71. The average Bonchev–Trinajstić information content (AvgIpc) is 2.77. The van der Waals surface area contributed by atoms with Crippen molar-refractivity contribution in [3.63, 3.8) is 0 Å². The van der Waals surface area contributed by atoms with Crippen LogP contribution in [-0.2, 0) is 30.4 Å². The van der Waals surface area contributed by atoms with E-state index in [4.69, 9.17) is 9.47 Å². The molecule has 0 spiro atoms. The van der Waals surface area contributed by atoms with Gasteiger partial charge in [-0.05, 0) is 62.5 Å². The maximum atomic E-state index is 12.7. The Morgan fingerprint density at radius 2 is 1.87 bits per heavy atom. The lowest BCUT2D eigenvalue weighted by Gasteiger charge is -2.22. The van der Waals surface area contributed by atoms with Crippen molar-refractivity contribution in [3.8, 4) is 5.88 Å². The number of aryl methyl sites for hydroxylation is 3. The van der Waals surface area contributed by atoms with E-state index in [1.807, 2.05) is 0 Å². The highest BCUT2D eigenvalue weighted by atomic mass is 16.5. The van der Waals surface area contributed by atoms with Gasteiger partial charge in [-0.25, -0.2) is 0 Å². The fourth-order valence-corrected chi connectivity index (χ4v) is 3.99. The van der Waals surface area contributed by atoms with Crippen molar-refractivity contribution in [1.29, 1.82) is 0 Å². The molecule has 164 valence electrons. The lowest BCUT2D eigenvalue weighted by Crippen LogP contribution is -2.26. The molecule has 1 aromatic carbocycles. The Balaban J connectivity index is 1.70. The minimum absolute atomic E-state index is 0.0185. The first kappa shape index (κ1) is 22.6. The number of benzene rings is 1. The number of aromatic amines is 1. The van der Waals surface area contributed by atoms with E-state index in [0.717, 1.165) is 62.8 Å². The molecular weight excluding hydrogens is 378 g/mol. The van der Waals surface area contributed by atoms with Gasteiger partial charge in [0.2, 0.25) is 0 Å². The van der Waals surface area contributed by atoms with Gasteiger partial charge in [0, 0.05) is 30.5 Å². The van der Waals surface area contributed by atoms with Crippen LogP contribution in [0.15, 0.2) is 35.1 Å². The van der Waals surface area contributed by atoms with E-state index in [2.05, 4.69) is 36.2 Å². The molecule has 2 N–H and O–H groups in total. The molecule has 1 aliphatic heterocycles. The van der Waals surface area contributed by atoms with E-state index in [0.29, 0.717) is 25.3 Å². The van der Waals surface area contributed by atoms with Crippen LogP contribution in [0, 0.1) is 0 Å². The van der Waals surface area contributed by atoms with E-state index in [1.54, 1.807) is 6.07 Å². The Bertz CT molecular complexity index is 822. The van der Waals surface area contributed by atoms with Crippen molar-refractivity contribution in [1.82, 2.24) is 4.98 Å². The second-order valence-corrected chi connectivity index (χ2v) is 8.15. The van der Waals surface area contributed by atoms with Gasteiger partial charge in [-0.3, -0.25) is 4.79 Å². The third-order valence-corrected chi connectivity index (χ3v) is 5.71. The summed E-state index contributed by atoms with van der Waals surface area (Å²) in [5, 5.41) is 9.22. The summed E-state index contributed by atoms with van der Waals surface area (Å²) in [5.74, 6) is 0.509. The lowest BCUT2D eigenvalue weighted by atomic mass is 10.00. The van der Waals surface area contributed by atoms with Gasteiger partial charge in [-0.2, -0.15) is 0 Å². The summed E-state index contributed by atoms with van der Waals surface area (Å²) < 4.78 is 11.6. The standard InChI is InChI=1S/C25H35NO4/c1-2-6-19-9-11-20(12-10-19)13-14-23-22(8-5-15-27)24(28)17-25(26-23)30-18-21-7-3-4-16-29-21/h9-12,17,21,27H,2-8,13-16,18H2,1H3,(H,26,28). The summed E-state index contributed by atoms with van der Waals surface area (Å²) in [6.45, 7) is 3.51. The normalized spacial score (nSPS) is 16.5. The van der Waals surface area contributed by atoms with Gasteiger partial charge in [0.1, 0.15) is 6.61 Å². The number of aromatic nitrogens is 1. The Labute approximate surface area is 179 Å². The van der Waals surface area contributed by atoms with Crippen LogP contribution in [0.2, 0.25) is 0 Å². The van der Waals surface area contributed by atoms with Crippen LogP contribution in [-0.4, -0.2) is 36.0 Å². The zero-order chi connectivity index (χ0) is 21.2. The van der Waals surface area contributed by atoms with Crippen LogP contribution in [0.25, 0.3) is 0 Å². The first-order valence-electron chi connectivity index (χ1n) is 11.4. The van der Waals surface area contributed by atoms with Crippen LogP contribution >= 0.6 is 0 Å². The molecule has 1 atom stereocenters. The number of aliphatic hydroxyl groups excluding tert-OH is 1.